The number of nitrogen functional groups attached to an aromatic ring is 1. The van der Waals surface area contributed by atoms with Crippen molar-refractivity contribution in [1.29, 1.82) is 0 Å². The Morgan fingerprint density at radius 2 is 1.80 bits per heavy atom. The molecule has 0 spiro atoms. The third kappa shape index (κ3) is 2.65. The van der Waals surface area contributed by atoms with Crippen LogP contribution in [0.5, 0.6) is 0 Å². The number of carbonyl (C=O) groups excluding carboxylic acids is 1. The van der Waals surface area contributed by atoms with E-state index >= 15 is 0 Å². The van der Waals surface area contributed by atoms with Crippen molar-refractivity contribution < 1.29 is 4.79 Å². The molecule has 0 saturated carbocycles. The van der Waals surface area contributed by atoms with Gasteiger partial charge in [-0.1, -0.05) is 18.2 Å². The fraction of sp³-hybridized carbons (Fsp3) is 0.111. The van der Waals surface area contributed by atoms with E-state index in [1.165, 1.54) is 0 Å². The van der Waals surface area contributed by atoms with Crippen LogP contribution in [0.1, 0.15) is 16.7 Å². The van der Waals surface area contributed by atoms with E-state index < -0.39 is 5.91 Å². The van der Waals surface area contributed by atoms with Gasteiger partial charge in [0.2, 0.25) is 0 Å². The minimum atomic E-state index is -0.780. The molecule has 0 aliphatic carbocycles. The zero-order chi connectivity index (χ0) is 18.3. The summed E-state index contributed by atoms with van der Waals surface area (Å²) in [6.07, 6.45) is 1.75. The average Bonchev–Trinajstić information content (AvgIpc) is 3.01. The molecular weight excluding hydrogens is 316 g/mol. The molecule has 25 heavy (non-hydrogen) atoms. The van der Waals surface area contributed by atoms with Crippen LogP contribution in [0.3, 0.4) is 0 Å². The number of nitrogens with two attached hydrogens (primary N) is 4. The molecule has 1 heterocycles. The van der Waals surface area contributed by atoms with Gasteiger partial charge in [-0.05, 0) is 36.6 Å². The average molecular weight is 336 g/mol. The number of aromatic nitrogens is 2. The number of primary amides is 1. The van der Waals surface area contributed by atoms with Gasteiger partial charge in [-0.15, -0.1) is 0 Å². The predicted molar refractivity (Wildman–Crippen MR) is 99.9 cm³/mol. The van der Waals surface area contributed by atoms with Crippen LogP contribution >= 0.6 is 0 Å². The minimum absolute atomic E-state index is 0.0892. The van der Waals surface area contributed by atoms with E-state index in [9.17, 15) is 4.79 Å². The summed E-state index contributed by atoms with van der Waals surface area (Å²) in [6.45, 7) is 3.83. The second kappa shape index (κ2) is 5.86. The van der Waals surface area contributed by atoms with E-state index in [2.05, 4.69) is 10.2 Å². The second-order valence-electron chi connectivity index (χ2n) is 6.04. The third-order valence-corrected chi connectivity index (χ3v) is 4.32. The highest BCUT2D eigenvalue weighted by atomic mass is 16.1. The van der Waals surface area contributed by atoms with Gasteiger partial charge in [0, 0.05) is 22.2 Å². The van der Waals surface area contributed by atoms with Crippen molar-refractivity contribution in [1.82, 2.24) is 10.2 Å². The smallest absolute Gasteiger partial charge is 0.266 e. The van der Waals surface area contributed by atoms with Crippen molar-refractivity contribution in [2.45, 2.75) is 13.8 Å². The van der Waals surface area contributed by atoms with Crippen molar-refractivity contribution in [2.24, 2.45) is 17.2 Å². The number of anilines is 1. The molecule has 0 radical (unpaired) electrons. The maximum absolute atomic E-state index is 11.4. The molecule has 3 aromatic rings. The summed E-state index contributed by atoms with van der Waals surface area (Å²) in [6, 6.07) is 7.85. The molecule has 2 aromatic carbocycles. The van der Waals surface area contributed by atoms with Crippen LogP contribution in [0.15, 0.2) is 36.2 Å². The van der Waals surface area contributed by atoms with Crippen LogP contribution in [0.4, 0.5) is 5.69 Å². The lowest BCUT2D eigenvalue weighted by atomic mass is 9.90. The highest BCUT2D eigenvalue weighted by Crippen LogP contribution is 2.37. The van der Waals surface area contributed by atoms with Gasteiger partial charge in [-0.2, -0.15) is 5.10 Å². The van der Waals surface area contributed by atoms with Gasteiger partial charge in [0.25, 0.3) is 5.91 Å². The molecule has 0 bridgehead atoms. The fourth-order valence-corrected chi connectivity index (χ4v) is 3.12. The van der Waals surface area contributed by atoms with Crippen LogP contribution in [-0.2, 0) is 4.79 Å². The van der Waals surface area contributed by atoms with E-state index in [0.717, 1.165) is 33.2 Å². The summed E-state index contributed by atoms with van der Waals surface area (Å²) in [4.78, 5) is 11.4. The molecule has 0 aliphatic rings. The van der Waals surface area contributed by atoms with Crippen LogP contribution in [0.25, 0.3) is 27.7 Å². The monoisotopic (exact) mass is 336 g/mol. The number of rotatable bonds is 3. The van der Waals surface area contributed by atoms with Gasteiger partial charge in [0.05, 0.1) is 17.4 Å². The Morgan fingerprint density at radius 1 is 1.08 bits per heavy atom. The summed E-state index contributed by atoms with van der Waals surface area (Å²) >= 11 is 0. The largest absolute Gasteiger partial charge is 0.398 e. The van der Waals surface area contributed by atoms with Gasteiger partial charge < -0.3 is 22.9 Å². The summed E-state index contributed by atoms with van der Waals surface area (Å²) < 4.78 is 0. The quantitative estimate of drug-likeness (QED) is 0.363. The van der Waals surface area contributed by atoms with E-state index in [0.29, 0.717) is 11.3 Å². The molecule has 0 unspecified atom stereocenters. The topological polar surface area (TPSA) is 150 Å². The molecule has 3 rings (SSSR count). The molecule has 128 valence electrons. The number of aromatic amines is 1. The van der Waals surface area contributed by atoms with Crippen molar-refractivity contribution in [3.8, 4) is 11.1 Å². The van der Waals surface area contributed by atoms with Crippen molar-refractivity contribution in [2.75, 3.05) is 5.73 Å². The van der Waals surface area contributed by atoms with Crippen LogP contribution in [-0.4, -0.2) is 16.1 Å². The Labute approximate surface area is 144 Å². The normalized spacial score (nSPS) is 12.2. The van der Waals surface area contributed by atoms with E-state index in [1.807, 2.05) is 38.1 Å². The standard InChI is InChI=1S/C18H20N6O/c1-8-5-9(2)14(16(20)17(21)18(22)25)15(19)13(8)10-3-4-11-7-23-24-12(11)6-10/h3-7H,19-21H2,1-2H3,(H2,22,25)(H,23,24)/b17-16+. The number of carbonyl (C=O) groups is 1. The fourth-order valence-electron chi connectivity index (χ4n) is 3.12. The van der Waals surface area contributed by atoms with Gasteiger partial charge >= 0.3 is 0 Å². The minimum Gasteiger partial charge on any atom is -0.398 e. The van der Waals surface area contributed by atoms with Crippen molar-refractivity contribution in [3.05, 3.63) is 52.8 Å². The van der Waals surface area contributed by atoms with Crippen molar-refractivity contribution in [3.63, 3.8) is 0 Å². The van der Waals surface area contributed by atoms with E-state index in [4.69, 9.17) is 22.9 Å². The Bertz CT molecular complexity index is 1030. The molecule has 7 heteroatoms. The molecule has 0 atom stereocenters. The van der Waals surface area contributed by atoms with E-state index in [-0.39, 0.29) is 11.4 Å². The molecule has 0 saturated heterocycles. The zero-order valence-corrected chi connectivity index (χ0v) is 14.1. The van der Waals surface area contributed by atoms with Crippen LogP contribution in [0, 0.1) is 13.8 Å². The highest BCUT2D eigenvalue weighted by molar-refractivity contribution is 6.02. The first kappa shape index (κ1) is 16.4. The summed E-state index contributed by atoms with van der Waals surface area (Å²) in [5.41, 5.74) is 28.8. The predicted octanol–water partition coefficient (Wildman–Crippen LogP) is 1.50. The lowest BCUT2D eigenvalue weighted by molar-refractivity contribution is -0.114. The van der Waals surface area contributed by atoms with Gasteiger partial charge in [0.1, 0.15) is 5.70 Å². The molecule has 1 amide bonds. The first-order valence-corrected chi connectivity index (χ1v) is 7.69. The van der Waals surface area contributed by atoms with Gasteiger partial charge in [-0.25, -0.2) is 0 Å². The lowest BCUT2D eigenvalue weighted by Gasteiger charge is -2.18. The number of amides is 1. The number of H-pyrrole nitrogens is 1. The van der Waals surface area contributed by atoms with Gasteiger partial charge in [-0.3, -0.25) is 9.89 Å². The lowest BCUT2D eigenvalue weighted by Crippen LogP contribution is -2.24. The van der Waals surface area contributed by atoms with Crippen LogP contribution < -0.4 is 22.9 Å². The number of hydrogen-bond acceptors (Lipinski definition) is 5. The SMILES string of the molecule is Cc1cc(C)c(-c2ccc3cn[nH]c3c2)c(N)c1/C(N)=C(\N)C(N)=O. The second-order valence-corrected chi connectivity index (χ2v) is 6.04. The highest BCUT2D eigenvalue weighted by Gasteiger charge is 2.18. The Kier molecular flexibility index (Phi) is 3.84. The summed E-state index contributed by atoms with van der Waals surface area (Å²) in [5, 5.41) is 7.98. The molecule has 1 aromatic heterocycles. The van der Waals surface area contributed by atoms with Crippen LogP contribution in [0.2, 0.25) is 0 Å². The number of fused-ring (bicyclic) bond motifs is 1. The number of hydrogen-bond donors (Lipinski definition) is 5. The number of nitrogens with one attached hydrogen (secondary N) is 1. The first-order valence-electron chi connectivity index (χ1n) is 7.69. The van der Waals surface area contributed by atoms with Crippen molar-refractivity contribution >= 4 is 28.2 Å². The molecule has 0 fully saturated rings. The Balaban J connectivity index is 2.29. The number of aryl methyl sites for hydroxylation is 2. The summed E-state index contributed by atoms with van der Waals surface area (Å²) in [7, 11) is 0. The maximum atomic E-state index is 11.4. The Morgan fingerprint density at radius 3 is 2.48 bits per heavy atom. The third-order valence-electron chi connectivity index (χ3n) is 4.32. The zero-order valence-electron chi connectivity index (χ0n) is 14.1. The van der Waals surface area contributed by atoms with Gasteiger partial charge in [0.15, 0.2) is 0 Å². The first-order chi connectivity index (χ1) is 11.8. The number of nitrogens with zero attached hydrogens (tertiary/aromatic N) is 1. The summed E-state index contributed by atoms with van der Waals surface area (Å²) in [5.74, 6) is -0.780. The molecule has 9 N–H and O–H groups in total. The Hall–Kier alpha value is -3.48. The molecule has 7 nitrogen and oxygen atoms in total. The van der Waals surface area contributed by atoms with E-state index in [1.54, 1.807) is 6.20 Å². The number of benzene rings is 2. The molecule has 0 aliphatic heterocycles. The maximum Gasteiger partial charge on any atom is 0.266 e. The molecular formula is C18H20N6O.